The summed E-state index contributed by atoms with van der Waals surface area (Å²) in [6.07, 6.45) is 2.12. The van der Waals surface area contributed by atoms with Crippen molar-refractivity contribution < 1.29 is 9.59 Å². The first-order valence-electron chi connectivity index (χ1n) is 4.00. The van der Waals surface area contributed by atoms with Crippen molar-refractivity contribution in [2.45, 2.75) is 18.9 Å². The van der Waals surface area contributed by atoms with Gasteiger partial charge in [0.2, 0.25) is 11.8 Å². The maximum Gasteiger partial charge on any atom is 0.237 e. The molecule has 0 spiro atoms. The standard InChI is InChI=1S/C8H15N3O2/c1-2-3-6(9)8(13)11-5-4-7(10)12/h2,6H,1,3-5,9H2,(H2,10,12)(H,11,13). The van der Waals surface area contributed by atoms with Crippen LogP contribution in [0.5, 0.6) is 0 Å². The van der Waals surface area contributed by atoms with Gasteiger partial charge in [-0.15, -0.1) is 6.58 Å². The van der Waals surface area contributed by atoms with Crippen LogP contribution in [0.1, 0.15) is 12.8 Å². The molecule has 0 bridgehead atoms. The van der Waals surface area contributed by atoms with E-state index < -0.39 is 11.9 Å². The Bertz CT molecular complexity index is 204. The zero-order chi connectivity index (χ0) is 10.3. The van der Waals surface area contributed by atoms with Crippen LogP contribution >= 0.6 is 0 Å². The van der Waals surface area contributed by atoms with Gasteiger partial charge in [-0.2, -0.15) is 0 Å². The third kappa shape index (κ3) is 5.86. The Morgan fingerprint density at radius 3 is 2.62 bits per heavy atom. The van der Waals surface area contributed by atoms with Crippen molar-refractivity contribution in [3.05, 3.63) is 12.7 Å². The Hall–Kier alpha value is -1.36. The number of rotatable bonds is 6. The van der Waals surface area contributed by atoms with Crippen LogP contribution in [0.15, 0.2) is 12.7 Å². The van der Waals surface area contributed by atoms with Gasteiger partial charge < -0.3 is 16.8 Å². The van der Waals surface area contributed by atoms with E-state index in [0.29, 0.717) is 6.42 Å². The lowest BCUT2D eigenvalue weighted by atomic mass is 10.2. The van der Waals surface area contributed by atoms with Gasteiger partial charge in [-0.25, -0.2) is 0 Å². The first-order valence-corrected chi connectivity index (χ1v) is 4.00. The Morgan fingerprint density at radius 1 is 1.54 bits per heavy atom. The zero-order valence-electron chi connectivity index (χ0n) is 7.45. The summed E-state index contributed by atoms with van der Waals surface area (Å²) in [4.78, 5) is 21.4. The van der Waals surface area contributed by atoms with E-state index in [-0.39, 0.29) is 18.9 Å². The molecule has 0 aliphatic rings. The molecule has 74 valence electrons. The second-order valence-electron chi connectivity index (χ2n) is 2.64. The number of hydrogen-bond donors (Lipinski definition) is 3. The molecule has 0 heterocycles. The topological polar surface area (TPSA) is 98.2 Å². The molecule has 0 aliphatic heterocycles. The molecule has 0 saturated heterocycles. The lowest BCUT2D eigenvalue weighted by Gasteiger charge is -2.08. The highest BCUT2D eigenvalue weighted by molar-refractivity contribution is 5.82. The van der Waals surface area contributed by atoms with Crippen LogP contribution in [0, 0.1) is 0 Å². The summed E-state index contributed by atoms with van der Waals surface area (Å²) in [5.74, 6) is -0.737. The van der Waals surface area contributed by atoms with Gasteiger partial charge in [0.05, 0.1) is 6.04 Å². The van der Waals surface area contributed by atoms with Crippen LogP contribution in [0.25, 0.3) is 0 Å². The molecule has 13 heavy (non-hydrogen) atoms. The SMILES string of the molecule is C=CCC(N)C(=O)NCCC(N)=O. The minimum absolute atomic E-state index is 0.131. The largest absolute Gasteiger partial charge is 0.370 e. The van der Waals surface area contributed by atoms with Crippen LogP contribution in [0.3, 0.4) is 0 Å². The van der Waals surface area contributed by atoms with E-state index in [9.17, 15) is 9.59 Å². The van der Waals surface area contributed by atoms with Gasteiger partial charge in [-0.3, -0.25) is 9.59 Å². The van der Waals surface area contributed by atoms with Crippen molar-refractivity contribution in [1.82, 2.24) is 5.32 Å². The van der Waals surface area contributed by atoms with E-state index in [0.717, 1.165) is 0 Å². The second kappa shape index (κ2) is 6.19. The number of primary amides is 1. The monoisotopic (exact) mass is 185 g/mol. The third-order valence-corrected chi connectivity index (χ3v) is 1.43. The zero-order valence-corrected chi connectivity index (χ0v) is 7.45. The van der Waals surface area contributed by atoms with E-state index in [1.54, 1.807) is 6.08 Å². The van der Waals surface area contributed by atoms with Crippen molar-refractivity contribution in [2.24, 2.45) is 11.5 Å². The average molecular weight is 185 g/mol. The molecule has 2 amide bonds. The van der Waals surface area contributed by atoms with Crippen LogP contribution in [-0.4, -0.2) is 24.4 Å². The summed E-state index contributed by atoms with van der Waals surface area (Å²) < 4.78 is 0. The number of carbonyl (C=O) groups excluding carboxylic acids is 2. The van der Waals surface area contributed by atoms with Gasteiger partial charge in [0.1, 0.15) is 0 Å². The number of amides is 2. The molecule has 0 aliphatic carbocycles. The summed E-state index contributed by atoms with van der Waals surface area (Å²) in [5.41, 5.74) is 10.3. The van der Waals surface area contributed by atoms with Crippen LogP contribution in [0.4, 0.5) is 0 Å². The lowest BCUT2D eigenvalue weighted by molar-refractivity contribution is -0.122. The average Bonchev–Trinajstić information content (AvgIpc) is 2.04. The van der Waals surface area contributed by atoms with Crippen LogP contribution in [-0.2, 0) is 9.59 Å². The molecule has 5 nitrogen and oxygen atoms in total. The predicted molar refractivity (Wildman–Crippen MR) is 49.6 cm³/mol. The van der Waals surface area contributed by atoms with Crippen LogP contribution in [0.2, 0.25) is 0 Å². The molecular weight excluding hydrogens is 170 g/mol. The molecule has 1 atom stereocenters. The van der Waals surface area contributed by atoms with Gasteiger partial charge in [0, 0.05) is 13.0 Å². The Balaban J connectivity index is 3.61. The normalized spacial score (nSPS) is 11.8. The van der Waals surface area contributed by atoms with E-state index in [4.69, 9.17) is 11.5 Å². The Morgan fingerprint density at radius 2 is 2.15 bits per heavy atom. The van der Waals surface area contributed by atoms with Crippen LogP contribution < -0.4 is 16.8 Å². The molecule has 0 fully saturated rings. The van der Waals surface area contributed by atoms with E-state index in [1.807, 2.05) is 0 Å². The molecule has 0 saturated carbocycles. The van der Waals surface area contributed by atoms with Gasteiger partial charge in [-0.05, 0) is 6.42 Å². The number of nitrogens with two attached hydrogens (primary N) is 2. The quantitative estimate of drug-likeness (QED) is 0.457. The molecule has 5 N–H and O–H groups in total. The molecule has 0 aromatic rings. The maximum absolute atomic E-state index is 11.1. The molecule has 1 unspecified atom stereocenters. The van der Waals surface area contributed by atoms with Gasteiger partial charge in [-0.1, -0.05) is 6.08 Å². The first kappa shape index (κ1) is 11.6. The van der Waals surface area contributed by atoms with E-state index in [1.165, 1.54) is 0 Å². The molecule has 0 aromatic heterocycles. The van der Waals surface area contributed by atoms with Crippen molar-refractivity contribution in [3.8, 4) is 0 Å². The van der Waals surface area contributed by atoms with E-state index in [2.05, 4.69) is 11.9 Å². The fourth-order valence-electron chi connectivity index (χ4n) is 0.727. The minimum Gasteiger partial charge on any atom is -0.370 e. The lowest BCUT2D eigenvalue weighted by Crippen LogP contribution is -2.41. The fourth-order valence-corrected chi connectivity index (χ4v) is 0.727. The number of nitrogens with one attached hydrogen (secondary N) is 1. The number of hydrogen-bond acceptors (Lipinski definition) is 3. The highest BCUT2D eigenvalue weighted by atomic mass is 16.2. The summed E-state index contributed by atoms with van der Waals surface area (Å²) >= 11 is 0. The third-order valence-electron chi connectivity index (χ3n) is 1.43. The highest BCUT2D eigenvalue weighted by Gasteiger charge is 2.10. The second-order valence-corrected chi connectivity index (χ2v) is 2.64. The smallest absolute Gasteiger partial charge is 0.237 e. The van der Waals surface area contributed by atoms with Gasteiger partial charge >= 0.3 is 0 Å². The summed E-state index contributed by atoms with van der Waals surface area (Å²) in [7, 11) is 0. The molecule has 0 aromatic carbocycles. The molecule has 0 rings (SSSR count). The van der Waals surface area contributed by atoms with E-state index >= 15 is 0 Å². The fraction of sp³-hybridized carbons (Fsp3) is 0.500. The van der Waals surface area contributed by atoms with Crippen molar-refractivity contribution in [1.29, 1.82) is 0 Å². The number of carbonyl (C=O) groups is 2. The Kier molecular flexibility index (Phi) is 5.54. The summed E-state index contributed by atoms with van der Waals surface area (Å²) in [6, 6.07) is -0.592. The maximum atomic E-state index is 11.1. The summed E-state index contributed by atoms with van der Waals surface area (Å²) in [5, 5.41) is 2.49. The molecular formula is C8H15N3O2. The predicted octanol–water partition coefficient (Wildman–Crippen LogP) is -1.12. The van der Waals surface area contributed by atoms with Crippen molar-refractivity contribution >= 4 is 11.8 Å². The van der Waals surface area contributed by atoms with Crippen molar-refractivity contribution in [2.75, 3.05) is 6.54 Å². The highest BCUT2D eigenvalue weighted by Crippen LogP contribution is 1.88. The van der Waals surface area contributed by atoms with Gasteiger partial charge in [0.25, 0.3) is 0 Å². The minimum atomic E-state index is -0.592. The summed E-state index contributed by atoms with van der Waals surface area (Å²) in [6.45, 7) is 3.69. The van der Waals surface area contributed by atoms with Gasteiger partial charge in [0.15, 0.2) is 0 Å². The Labute approximate surface area is 77.2 Å². The molecule has 0 radical (unpaired) electrons. The molecule has 5 heteroatoms. The van der Waals surface area contributed by atoms with Crippen molar-refractivity contribution in [3.63, 3.8) is 0 Å². The first-order chi connectivity index (χ1) is 6.07.